The number of anilines is 1. The second-order valence-electron chi connectivity index (χ2n) is 9.99. The maximum absolute atomic E-state index is 10.4. The largest absolute Gasteiger partial charge is 0.507 e. The summed E-state index contributed by atoms with van der Waals surface area (Å²) in [6, 6.07) is 16.3. The smallest absolute Gasteiger partial charge is 0.190 e. The van der Waals surface area contributed by atoms with Crippen molar-refractivity contribution in [2.75, 3.05) is 17.7 Å². The number of ether oxygens (including phenoxy) is 2. The molecule has 0 aliphatic carbocycles. The van der Waals surface area contributed by atoms with Crippen molar-refractivity contribution in [2.24, 2.45) is 5.73 Å². The number of hydrogen-bond acceptors (Lipinski definition) is 5. The minimum absolute atomic E-state index is 0. The molecule has 0 fully saturated rings. The molecule has 204 valence electrons. The van der Waals surface area contributed by atoms with E-state index in [0.717, 1.165) is 75.8 Å². The number of nitrogens with one attached hydrogen (secondary N) is 2. The molecule has 38 heavy (non-hydrogen) atoms. The van der Waals surface area contributed by atoms with Crippen LogP contribution in [0.4, 0.5) is 5.69 Å². The van der Waals surface area contributed by atoms with Crippen LogP contribution in [0.1, 0.15) is 47.6 Å². The molecule has 8 heteroatoms. The van der Waals surface area contributed by atoms with Crippen molar-refractivity contribution in [3.63, 3.8) is 0 Å². The zero-order valence-corrected chi connectivity index (χ0v) is 24.2. The van der Waals surface area contributed by atoms with E-state index in [1.165, 1.54) is 5.56 Å². The Bertz CT molecular complexity index is 1280. The van der Waals surface area contributed by atoms with E-state index in [0.29, 0.717) is 12.4 Å². The third-order valence-corrected chi connectivity index (χ3v) is 8.18. The third-order valence-electron chi connectivity index (χ3n) is 7.19. The SMILES string of the molecule is Cc1c(C)c2c(c(C)c1O)CCC(C)(CCOc1ccc(CCSc3cccc(NC(=N)N)c3)cc1)O2.Cl. The molecule has 0 saturated carbocycles. The highest BCUT2D eigenvalue weighted by molar-refractivity contribution is 7.99. The molecule has 3 aromatic carbocycles. The van der Waals surface area contributed by atoms with Gasteiger partial charge < -0.3 is 25.6 Å². The van der Waals surface area contributed by atoms with Gasteiger partial charge in [-0.2, -0.15) is 0 Å². The maximum Gasteiger partial charge on any atom is 0.190 e. The summed E-state index contributed by atoms with van der Waals surface area (Å²) >= 11 is 1.78. The van der Waals surface area contributed by atoms with E-state index in [1.807, 2.05) is 51.1 Å². The summed E-state index contributed by atoms with van der Waals surface area (Å²) in [5.74, 6) is 3.09. The van der Waals surface area contributed by atoms with Gasteiger partial charge in [0.05, 0.1) is 6.61 Å². The second kappa shape index (κ2) is 12.7. The molecule has 0 spiro atoms. The molecule has 0 amide bonds. The van der Waals surface area contributed by atoms with E-state index in [9.17, 15) is 5.11 Å². The number of aromatic hydroxyl groups is 1. The number of nitrogens with two attached hydrogens (primary N) is 1. The number of phenolic OH excluding ortho intramolecular Hbond substituents is 1. The summed E-state index contributed by atoms with van der Waals surface area (Å²) in [6.07, 6.45) is 3.54. The highest BCUT2D eigenvalue weighted by Gasteiger charge is 2.34. The number of hydrogen-bond donors (Lipinski definition) is 4. The van der Waals surface area contributed by atoms with E-state index in [2.05, 4.69) is 30.4 Å². The minimum Gasteiger partial charge on any atom is -0.507 e. The number of halogens is 1. The van der Waals surface area contributed by atoms with Gasteiger partial charge in [-0.1, -0.05) is 18.2 Å². The van der Waals surface area contributed by atoms with Crippen LogP contribution in [0.3, 0.4) is 0 Å². The quantitative estimate of drug-likeness (QED) is 0.130. The molecule has 1 aliphatic rings. The Kier molecular flexibility index (Phi) is 9.85. The molecular weight excluding hydrogens is 518 g/mol. The molecule has 3 aromatic rings. The van der Waals surface area contributed by atoms with Gasteiger partial charge in [0.15, 0.2) is 5.96 Å². The molecule has 0 bridgehead atoms. The van der Waals surface area contributed by atoms with Gasteiger partial charge in [-0.3, -0.25) is 5.41 Å². The van der Waals surface area contributed by atoms with Crippen molar-refractivity contribution in [1.29, 1.82) is 5.41 Å². The predicted octanol–water partition coefficient (Wildman–Crippen LogP) is 6.93. The number of thioether (sulfide) groups is 1. The van der Waals surface area contributed by atoms with Gasteiger partial charge in [0, 0.05) is 28.3 Å². The van der Waals surface area contributed by atoms with Crippen LogP contribution in [0.25, 0.3) is 0 Å². The average Bonchev–Trinajstić information content (AvgIpc) is 2.87. The number of guanidine groups is 1. The lowest BCUT2D eigenvalue weighted by Crippen LogP contribution is -2.38. The van der Waals surface area contributed by atoms with Gasteiger partial charge in [-0.25, -0.2) is 0 Å². The van der Waals surface area contributed by atoms with E-state index in [-0.39, 0.29) is 24.0 Å². The lowest BCUT2D eigenvalue weighted by molar-refractivity contribution is 0.0411. The molecule has 0 aromatic heterocycles. The fourth-order valence-electron chi connectivity index (χ4n) is 4.71. The lowest BCUT2D eigenvalue weighted by Gasteiger charge is -2.38. The fourth-order valence-corrected chi connectivity index (χ4v) is 5.67. The van der Waals surface area contributed by atoms with Crippen LogP contribution in [0, 0.1) is 26.2 Å². The van der Waals surface area contributed by atoms with E-state index >= 15 is 0 Å². The van der Waals surface area contributed by atoms with E-state index < -0.39 is 0 Å². The van der Waals surface area contributed by atoms with Crippen molar-refractivity contribution < 1.29 is 14.6 Å². The summed E-state index contributed by atoms with van der Waals surface area (Å²) in [4.78, 5) is 1.14. The first kappa shape index (κ1) is 29.5. The van der Waals surface area contributed by atoms with Gasteiger partial charge in [-0.05, 0) is 99.5 Å². The Labute approximate surface area is 236 Å². The van der Waals surface area contributed by atoms with Crippen molar-refractivity contribution >= 4 is 35.8 Å². The van der Waals surface area contributed by atoms with E-state index in [4.69, 9.17) is 20.6 Å². The molecule has 1 aliphatic heterocycles. The van der Waals surface area contributed by atoms with Crippen molar-refractivity contribution in [1.82, 2.24) is 0 Å². The first-order valence-electron chi connectivity index (χ1n) is 12.7. The van der Waals surface area contributed by atoms with Crippen LogP contribution in [0.15, 0.2) is 53.4 Å². The Hall–Kier alpha value is -3.03. The van der Waals surface area contributed by atoms with Crippen LogP contribution in [0.5, 0.6) is 17.2 Å². The second-order valence-corrected chi connectivity index (χ2v) is 11.2. The van der Waals surface area contributed by atoms with Crippen molar-refractivity contribution in [3.8, 4) is 17.2 Å². The Morgan fingerprint density at radius 1 is 1.13 bits per heavy atom. The highest BCUT2D eigenvalue weighted by Crippen LogP contribution is 2.44. The fraction of sp³-hybridized carbons (Fsp3) is 0.367. The molecule has 1 heterocycles. The predicted molar refractivity (Wildman–Crippen MR) is 160 cm³/mol. The van der Waals surface area contributed by atoms with Crippen LogP contribution in [-0.4, -0.2) is 29.0 Å². The molecule has 0 radical (unpaired) electrons. The van der Waals surface area contributed by atoms with Crippen molar-refractivity contribution in [2.45, 2.75) is 63.9 Å². The molecule has 4 rings (SSSR count). The lowest BCUT2D eigenvalue weighted by atomic mass is 9.86. The van der Waals surface area contributed by atoms with Crippen LogP contribution in [-0.2, 0) is 12.8 Å². The van der Waals surface area contributed by atoms with Gasteiger partial charge in [0.25, 0.3) is 0 Å². The molecule has 1 unspecified atom stereocenters. The van der Waals surface area contributed by atoms with E-state index in [1.54, 1.807) is 11.8 Å². The highest BCUT2D eigenvalue weighted by atomic mass is 35.5. The van der Waals surface area contributed by atoms with Gasteiger partial charge in [0.1, 0.15) is 22.8 Å². The first-order chi connectivity index (χ1) is 17.6. The number of benzene rings is 3. The summed E-state index contributed by atoms with van der Waals surface area (Å²) in [7, 11) is 0. The molecule has 0 saturated heterocycles. The Morgan fingerprint density at radius 3 is 2.58 bits per heavy atom. The van der Waals surface area contributed by atoms with Crippen LogP contribution >= 0.6 is 24.2 Å². The van der Waals surface area contributed by atoms with Gasteiger partial charge >= 0.3 is 0 Å². The molecular formula is C30H38ClN3O3S. The van der Waals surface area contributed by atoms with Gasteiger partial charge in [-0.15, -0.1) is 24.2 Å². The Balaban J connectivity index is 0.00000400. The normalized spacial score (nSPS) is 16.1. The Morgan fingerprint density at radius 2 is 1.87 bits per heavy atom. The van der Waals surface area contributed by atoms with Gasteiger partial charge in [0.2, 0.25) is 0 Å². The molecule has 1 atom stereocenters. The number of rotatable bonds is 9. The van der Waals surface area contributed by atoms with Crippen molar-refractivity contribution in [3.05, 3.63) is 76.3 Å². The maximum atomic E-state index is 10.4. The zero-order chi connectivity index (χ0) is 26.6. The average molecular weight is 556 g/mol. The number of phenols is 1. The third kappa shape index (κ3) is 7.08. The van der Waals surface area contributed by atoms with Crippen LogP contribution < -0.4 is 20.5 Å². The summed E-state index contributed by atoms with van der Waals surface area (Å²) in [5.41, 5.74) is 11.2. The topological polar surface area (TPSA) is 101 Å². The zero-order valence-electron chi connectivity index (χ0n) is 22.5. The number of fused-ring (bicyclic) bond motifs is 1. The minimum atomic E-state index is -0.290. The summed E-state index contributed by atoms with van der Waals surface area (Å²) < 4.78 is 12.6. The monoisotopic (exact) mass is 555 g/mol. The standard InChI is InChI=1S/C30H37N3O3S.ClH/c1-19-20(2)28-26(21(3)27(19)34)12-14-30(4,36-28)15-16-35-24-10-8-22(9-11-24)13-17-37-25-7-5-6-23(18-25)33-29(31)32;/h5-11,18,34H,12-17H2,1-4H3,(H4,31,32,33);1H. The number of aryl methyl sites for hydroxylation is 1. The molecule has 5 N–H and O–H groups in total. The molecule has 6 nitrogen and oxygen atoms in total. The summed E-state index contributed by atoms with van der Waals surface area (Å²) in [5, 5.41) is 20.6. The van der Waals surface area contributed by atoms with Crippen LogP contribution in [0.2, 0.25) is 0 Å². The first-order valence-corrected chi connectivity index (χ1v) is 13.7. The summed E-state index contributed by atoms with van der Waals surface area (Å²) in [6.45, 7) is 8.69.